The van der Waals surface area contributed by atoms with Crippen molar-refractivity contribution in [2.75, 3.05) is 5.32 Å². The largest absolute Gasteiger partial charge is 0.416 e. The van der Waals surface area contributed by atoms with Gasteiger partial charge in [0.25, 0.3) is 0 Å². The van der Waals surface area contributed by atoms with Crippen LogP contribution in [0.4, 0.5) is 36.4 Å². The van der Waals surface area contributed by atoms with E-state index in [1.54, 1.807) is 0 Å². The number of aliphatic hydroxyl groups is 1. The number of ether oxygens (including phenoxy) is 1. The molecular weight excluding hydrogens is 459 g/mol. The average Bonchev–Trinajstić information content (AvgIpc) is 3.21. The van der Waals surface area contributed by atoms with Gasteiger partial charge < -0.3 is 15.2 Å². The zero-order valence-corrected chi connectivity index (χ0v) is 16.6. The molecule has 3 fully saturated rings. The highest BCUT2D eigenvalue weighted by atomic mass is 19.4. The lowest BCUT2D eigenvalue weighted by Gasteiger charge is -2.30. The van der Waals surface area contributed by atoms with Crippen molar-refractivity contribution in [2.24, 2.45) is 5.41 Å². The summed E-state index contributed by atoms with van der Waals surface area (Å²) in [5, 5.41) is 12.6. The van der Waals surface area contributed by atoms with Gasteiger partial charge in [-0.3, -0.25) is 4.79 Å². The molecule has 5 rings (SSSR count). The molecule has 2 aromatic rings. The summed E-state index contributed by atoms with van der Waals surface area (Å²) >= 11 is 0. The van der Waals surface area contributed by atoms with Crippen LogP contribution >= 0.6 is 0 Å². The molecule has 0 spiro atoms. The topological polar surface area (TPSA) is 58.6 Å². The lowest BCUT2D eigenvalue weighted by Crippen LogP contribution is -2.44. The summed E-state index contributed by atoms with van der Waals surface area (Å²) in [5.41, 5.74) is -5.44. The highest BCUT2D eigenvalue weighted by molar-refractivity contribution is 6.01. The molecule has 2 bridgehead atoms. The van der Waals surface area contributed by atoms with Crippen LogP contribution in [-0.4, -0.2) is 29.3 Å². The van der Waals surface area contributed by atoms with Crippen LogP contribution in [0.3, 0.4) is 0 Å². The fourth-order valence-corrected chi connectivity index (χ4v) is 5.54. The quantitative estimate of drug-likeness (QED) is 0.635. The molecule has 2 N–H and O–H groups in total. The number of nitrogens with one attached hydrogen (secondary N) is 1. The van der Waals surface area contributed by atoms with Crippen molar-refractivity contribution in [3.8, 4) is 0 Å². The minimum absolute atomic E-state index is 0.0140. The zero-order valence-electron chi connectivity index (χ0n) is 16.6. The first-order valence-electron chi connectivity index (χ1n) is 10.0. The number of hydrogen-bond acceptors (Lipinski definition) is 3. The highest BCUT2D eigenvalue weighted by Crippen LogP contribution is 2.77. The Balaban J connectivity index is 1.53. The number of carbonyl (C=O) groups is 1. The monoisotopic (exact) mass is 475 g/mol. The average molecular weight is 475 g/mol. The number of alkyl halides is 6. The predicted octanol–water partition coefficient (Wildman–Crippen LogP) is 4.66. The summed E-state index contributed by atoms with van der Waals surface area (Å²) < 4.78 is 98.9. The van der Waals surface area contributed by atoms with Gasteiger partial charge in [0.2, 0.25) is 5.91 Å². The van der Waals surface area contributed by atoms with Gasteiger partial charge in [0, 0.05) is 11.8 Å². The third-order valence-electron chi connectivity index (χ3n) is 7.03. The van der Waals surface area contributed by atoms with Crippen LogP contribution in [0.15, 0.2) is 42.5 Å². The van der Waals surface area contributed by atoms with Crippen LogP contribution in [0.2, 0.25) is 0 Å². The number of benzene rings is 2. The fourth-order valence-electron chi connectivity index (χ4n) is 5.54. The second-order valence-electron chi connectivity index (χ2n) is 8.69. The Morgan fingerprint density at radius 2 is 1.70 bits per heavy atom. The van der Waals surface area contributed by atoms with E-state index < -0.39 is 70.0 Å². The molecule has 2 aromatic carbocycles. The zero-order chi connectivity index (χ0) is 24.0. The molecule has 0 radical (unpaired) electrons. The summed E-state index contributed by atoms with van der Waals surface area (Å²) in [6.45, 7) is 0. The number of fused-ring (bicyclic) bond motifs is 5. The highest BCUT2D eigenvalue weighted by Gasteiger charge is 2.87. The Morgan fingerprint density at radius 1 is 1.03 bits per heavy atom. The summed E-state index contributed by atoms with van der Waals surface area (Å²) in [6, 6.07) is 5.89. The van der Waals surface area contributed by atoms with Gasteiger partial charge >= 0.3 is 12.4 Å². The van der Waals surface area contributed by atoms with Crippen LogP contribution in [-0.2, 0) is 27.3 Å². The SMILES string of the molecule is O=C(Nc1cc(C(F)(F)F)ccc1F)C12CC1(c1cccc(C(F)(F)F)c1)C1OC2CC1O. The number of rotatable bonds is 3. The molecular formula is C22H16F7NO3. The van der Waals surface area contributed by atoms with Crippen LogP contribution in [0.5, 0.6) is 0 Å². The van der Waals surface area contributed by atoms with Crippen molar-refractivity contribution in [3.63, 3.8) is 0 Å². The van der Waals surface area contributed by atoms with E-state index in [2.05, 4.69) is 5.32 Å². The summed E-state index contributed by atoms with van der Waals surface area (Å²) in [7, 11) is 0. The number of aliphatic hydroxyl groups excluding tert-OH is 1. The van der Waals surface area contributed by atoms with Gasteiger partial charge in [-0.2, -0.15) is 26.3 Å². The molecule has 33 heavy (non-hydrogen) atoms. The molecule has 2 saturated heterocycles. The first kappa shape index (κ1) is 22.1. The third-order valence-corrected chi connectivity index (χ3v) is 7.03. The maximum atomic E-state index is 14.2. The minimum Gasteiger partial charge on any atom is -0.390 e. The van der Waals surface area contributed by atoms with Crippen LogP contribution in [0.1, 0.15) is 29.5 Å². The van der Waals surface area contributed by atoms with Crippen molar-refractivity contribution < 1.29 is 45.4 Å². The third kappa shape index (κ3) is 3.01. The Bertz CT molecular complexity index is 1150. The molecule has 2 heterocycles. The standard InChI is InChI=1S/C22H16F7NO3/c23-13-5-4-12(22(27,28)29)7-14(13)30-18(32)20-9-19(20,17-15(31)8-16(20)33-17)10-2-1-3-11(6-10)21(24,25)26/h1-7,15-17,31H,8-9H2,(H,30,32). The molecule has 1 aliphatic carbocycles. The first-order valence-corrected chi connectivity index (χ1v) is 10.0. The molecule has 5 atom stereocenters. The van der Waals surface area contributed by atoms with E-state index in [0.717, 1.165) is 12.1 Å². The molecule has 4 nitrogen and oxygen atoms in total. The summed E-state index contributed by atoms with van der Waals surface area (Å²) in [5.74, 6) is -1.96. The molecule has 11 heteroatoms. The van der Waals surface area contributed by atoms with E-state index in [0.29, 0.717) is 18.2 Å². The van der Waals surface area contributed by atoms with Gasteiger partial charge in [-0.1, -0.05) is 18.2 Å². The Labute approximate surface area is 182 Å². The van der Waals surface area contributed by atoms with Crippen molar-refractivity contribution in [1.82, 2.24) is 0 Å². The number of amides is 1. The maximum Gasteiger partial charge on any atom is 0.416 e. The van der Waals surface area contributed by atoms with E-state index in [1.165, 1.54) is 12.1 Å². The second-order valence-corrected chi connectivity index (χ2v) is 8.69. The van der Waals surface area contributed by atoms with Gasteiger partial charge in [-0.25, -0.2) is 4.39 Å². The molecule has 5 unspecified atom stereocenters. The van der Waals surface area contributed by atoms with Crippen LogP contribution in [0.25, 0.3) is 0 Å². The van der Waals surface area contributed by atoms with Crippen molar-refractivity contribution in [3.05, 3.63) is 65.0 Å². The van der Waals surface area contributed by atoms with E-state index in [1.807, 2.05) is 0 Å². The lowest BCUT2D eigenvalue weighted by atomic mass is 9.73. The van der Waals surface area contributed by atoms with E-state index in [9.17, 15) is 40.6 Å². The summed E-state index contributed by atoms with van der Waals surface area (Å²) in [4.78, 5) is 13.3. The van der Waals surface area contributed by atoms with Crippen molar-refractivity contribution in [2.45, 2.75) is 48.9 Å². The minimum atomic E-state index is -4.77. The van der Waals surface area contributed by atoms with E-state index in [-0.39, 0.29) is 18.4 Å². The van der Waals surface area contributed by atoms with Gasteiger partial charge in [0.1, 0.15) is 5.82 Å². The Hall–Kier alpha value is -2.66. The van der Waals surface area contributed by atoms with Gasteiger partial charge in [0.15, 0.2) is 0 Å². The summed E-state index contributed by atoms with van der Waals surface area (Å²) in [6.07, 6.45) is -12.2. The lowest BCUT2D eigenvalue weighted by molar-refractivity contribution is -0.138. The van der Waals surface area contributed by atoms with Gasteiger partial charge in [-0.15, -0.1) is 0 Å². The maximum absolute atomic E-state index is 14.2. The predicted molar refractivity (Wildman–Crippen MR) is 99.5 cm³/mol. The fraction of sp³-hybridized carbons (Fsp3) is 0.409. The molecule has 1 amide bonds. The molecule has 2 aliphatic heterocycles. The van der Waals surface area contributed by atoms with Crippen molar-refractivity contribution in [1.29, 1.82) is 0 Å². The molecule has 1 saturated carbocycles. The number of carbonyl (C=O) groups excluding carboxylic acids is 1. The number of hydrogen-bond donors (Lipinski definition) is 2. The van der Waals surface area contributed by atoms with Crippen molar-refractivity contribution >= 4 is 11.6 Å². The van der Waals surface area contributed by atoms with E-state index in [4.69, 9.17) is 4.74 Å². The smallest absolute Gasteiger partial charge is 0.390 e. The molecule has 0 aromatic heterocycles. The van der Waals surface area contributed by atoms with Crippen LogP contribution in [0, 0.1) is 11.2 Å². The normalized spacial score (nSPS) is 32.5. The molecule has 3 aliphatic rings. The van der Waals surface area contributed by atoms with Gasteiger partial charge in [-0.05, 0) is 36.2 Å². The molecule has 176 valence electrons. The van der Waals surface area contributed by atoms with Crippen LogP contribution < -0.4 is 5.32 Å². The second kappa shape index (κ2) is 6.69. The number of anilines is 1. The Morgan fingerprint density at radius 3 is 2.36 bits per heavy atom. The number of halogens is 7. The van der Waals surface area contributed by atoms with Gasteiger partial charge in [0.05, 0.1) is 40.5 Å². The first-order chi connectivity index (χ1) is 15.3. The van der Waals surface area contributed by atoms with E-state index >= 15 is 0 Å². The Kier molecular flexibility index (Phi) is 4.49.